The van der Waals surface area contributed by atoms with Gasteiger partial charge in [-0.25, -0.2) is 0 Å². The number of aryl methyl sites for hydroxylation is 2. The van der Waals surface area contributed by atoms with Crippen molar-refractivity contribution in [2.75, 3.05) is 0 Å². The van der Waals surface area contributed by atoms with Crippen LogP contribution < -0.4 is 0 Å². The molecule has 0 radical (unpaired) electrons. The Hall–Kier alpha value is -1.94. The predicted octanol–water partition coefficient (Wildman–Crippen LogP) is 4.08. The van der Waals surface area contributed by atoms with E-state index in [9.17, 15) is 0 Å². The van der Waals surface area contributed by atoms with E-state index in [0.29, 0.717) is 0 Å². The van der Waals surface area contributed by atoms with Crippen LogP contribution >= 0.6 is 11.3 Å². The molecular formula is C14H12N2OS. The van der Waals surface area contributed by atoms with Crippen LogP contribution in [0.25, 0.3) is 21.8 Å². The Morgan fingerprint density at radius 1 is 1.17 bits per heavy atom. The fourth-order valence-corrected chi connectivity index (χ4v) is 2.67. The number of thiophene rings is 1. The average molecular weight is 256 g/mol. The molecule has 18 heavy (non-hydrogen) atoms. The smallest absolute Gasteiger partial charge is 0.133 e. The molecule has 0 amide bonds. The number of aromatic nitrogens is 2. The number of pyridine rings is 1. The highest BCUT2D eigenvalue weighted by molar-refractivity contribution is 7.13. The minimum absolute atomic E-state index is 0.865. The maximum absolute atomic E-state index is 5.11. The van der Waals surface area contributed by atoms with E-state index in [1.807, 2.05) is 25.3 Å². The monoisotopic (exact) mass is 256 g/mol. The van der Waals surface area contributed by atoms with Gasteiger partial charge in [0.2, 0.25) is 0 Å². The van der Waals surface area contributed by atoms with E-state index in [1.54, 1.807) is 17.6 Å². The molecule has 3 nitrogen and oxygen atoms in total. The number of hydrogen-bond acceptors (Lipinski definition) is 4. The summed E-state index contributed by atoms with van der Waals surface area (Å²) in [7, 11) is 0. The van der Waals surface area contributed by atoms with E-state index in [-0.39, 0.29) is 0 Å². The molecule has 0 spiro atoms. The zero-order valence-electron chi connectivity index (χ0n) is 10.2. The fourth-order valence-electron chi connectivity index (χ4n) is 1.78. The van der Waals surface area contributed by atoms with Gasteiger partial charge in [0.05, 0.1) is 16.1 Å². The Labute approximate surface area is 109 Å². The van der Waals surface area contributed by atoms with Gasteiger partial charge in [0, 0.05) is 6.20 Å². The van der Waals surface area contributed by atoms with Crippen LogP contribution in [0.2, 0.25) is 0 Å². The lowest BCUT2D eigenvalue weighted by Gasteiger charge is -1.99. The molecule has 90 valence electrons. The molecule has 0 saturated carbocycles. The first-order valence-electron chi connectivity index (χ1n) is 5.67. The summed E-state index contributed by atoms with van der Waals surface area (Å²) in [6, 6.07) is 6.14. The van der Waals surface area contributed by atoms with Crippen molar-refractivity contribution in [1.82, 2.24) is 10.1 Å². The Morgan fingerprint density at radius 3 is 2.72 bits per heavy atom. The molecule has 3 rings (SSSR count). The van der Waals surface area contributed by atoms with Gasteiger partial charge in [-0.05, 0) is 42.5 Å². The van der Waals surface area contributed by atoms with Crippen molar-refractivity contribution in [3.05, 3.63) is 47.2 Å². The highest BCUT2D eigenvalue weighted by Gasteiger charge is 2.14. The maximum Gasteiger partial charge on any atom is 0.133 e. The van der Waals surface area contributed by atoms with Crippen LogP contribution in [0, 0.1) is 13.8 Å². The van der Waals surface area contributed by atoms with Crippen LogP contribution in [0.3, 0.4) is 0 Å². The van der Waals surface area contributed by atoms with Crippen LogP contribution in [-0.4, -0.2) is 10.1 Å². The summed E-state index contributed by atoms with van der Waals surface area (Å²) in [6.45, 7) is 4.10. The first-order valence-corrected chi connectivity index (χ1v) is 6.55. The second-order valence-corrected chi connectivity index (χ2v) is 5.20. The lowest BCUT2D eigenvalue weighted by Crippen LogP contribution is -1.84. The molecule has 0 aliphatic carbocycles. The molecule has 3 aromatic rings. The quantitative estimate of drug-likeness (QED) is 0.693. The molecule has 0 saturated heterocycles. The molecule has 0 bridgehead atoms. The van der Waals surface area contributed by atoms with Gasteiger partial charge in [-0.1, -0.05) is 11.2 Å². The number of rotatable bonds is 2. The fraction of sp³-hybridized carbons (Fsp3) is 0.143. The van der Waals surface area contributed by atoms with Crippen molar-refractivity contribution in [3.63, 3.8) is 0 Å². The lowest BCUT2D eigenvalue weighted by molar-refractivity contribution is 0.423. The summed E-state index contributed by atoms with van der Waals surface area (Å²) in [5.74, 6) is 0. The van der Waals surface area contributed by atoms with Gasteiger partial charge in [0.15, 0.2) is 0 Å². The van der Waals surface area contributed by atoms with Gasteiger partial charge in [0.25, 0.3) is 0 Å². The van der Waals surface area contributed by atoms with Crippen molar-refractivity contribution in [2.45, 2.75) is 13.8 Å². The third kappa shape index (κ3) is 1.95. The summed E-state index contributed by atoms with van der Waals surface area (Å²) in [5.41, 5.74) is 5.08. The molecule has 3 heterocycles. The van der Waals surface area contributed by atoms with Crippen LogP contribution in [-0.2, 0) is 0 Å². The number of hydrogen-bond donors (Lipinski definition) is 0. The first kappa shape index (κ1) is 11.2. The van der Waals surface area contributed by atoms with Crippen molar-refractivity contribution in [1.29, 1.82) is 0 Å². The lowest BCUT2D eigenvalue weighted by atomic mass is 10.1. The second kappa shape index (κ2) is 4.38. The van der Waals surface area contributed by atoms with Crippen LogP contribution in [0.5, 0.6) is 0 Å². The minimum Gasteiger partial charge on any atom is -0.363 e. The molecule has 0 N–H and O–H groups in total. The average Bonchev–Trinajstić information content (AvgIpc) is 2.98. The normalized spacial score (nSPS) is 10.8. The maximum atomic E-state index is 5.11. The van der Waals surface area contributed by atoms with E-state index in [1.165, 1.54) is 5.56 Å². The predicted molar refractivity (Wildman–Crippen MR) is 72.5 cm³/mol. The van der Waals surface area contributed by atoms with Gasteiger partial charge in [-0.3, -0.25) is 4.98 Å². The molecule has 0 atom stereocenters. The van der Waals surface area contributed by atoms with Gasteiger partial charge in [-0.15, -0.1) is 11.3 Å². The topological polar surface area (TPSA) is 38.9 Å². The second-order valence-electron chi connectivity index (χ2n) is 4.29. The van der Waals surface area contributed by atoms with E-state index < -0.39 is 0 Å². The molecule has 4 heteroatoms. The summed E-state index contributed by atoms with van der Waals surface area (Å²) in [5, 5.41) is 6.20. The van der Waals surface area contributed by atoms with Crippen LogP contribution in [0.1, 0.15) is 11.1 Å². The minimum atomic E-state index is 0.865. The highest BCUT2D eigenvalue weighted by Crippen LogP contribution is 2.33. The van der Waals surface area contributed by atoms with Crippen molar-refractivity contribution in [3.8, 4) is 21.8 Å². The Morgan fingerprint density at radius 2 is 2.06 bits per heavy atom. The van der Waals surface area contributed by atoms with E-state index >= 15 is 0 Å². The summed E-state index contributed by atoms with van der Waals surface area (Å²) >= 11 is 1.67. The van der Waals surface area contributed by atoms with Gasteiger partial charge in [0.1, 0.15) is 12.0 Å². The SMILES string of the molecule is Cc1ccc(-c2conc2-c2cc(C)cs2)nc1. The van der Waals surface area contributed by atoms with E-state index in [2.05, 4.69) is 28.5 Å². The van der Waals surface area contributed by atoms with E-state index in [4.69, 9.17) is 4.52 Å². The van der Waals surface area contributed by atoms with Crippen molar-refractivity contribution < 1.29 is 4.52 Å². The molecule has 0 fully saturated rings. The van der Waals surface area contributed by atoms with Crippen LogP contribution in [0.4, 0.5) is 0 Å². The standard InChI is InChI=1S/C14H12N2OS/c1-9-3-4-12(15-6-9)11-7-17-16-14(11)13-5-10(2)8-18-13/h3-8H,1-2H3. The largest absolute Gasteiger partial charge is 0.363 e. The van der Waals surface area contributed by atoms with Gasteiger partial charge in [-0.2, -0.15) is 0 Å². The molecule has 0 aliphatic rings. The van der Waals surface area contributed by atoms with Gasteiger partial charge < -0.3 is 4.52 Å². The van der Waals surface area contributed by atoms with Crippen molar-refractivity contribution in [2.24, 2.45) is 0 Å². The molecule has 0 aliphatic heterocycles. The first-order chi connectivity index (χ1) is 8.74. The zero-order valence-corrected chi connectivity index (χ0v) is 11.0. The summed E-state index contributed by atoms with van der Waals surface area (Å²) in [4.78, 5) is 5.53. The Balaban J connectivity index is 2.09. The third-order valence-corrected chi connectivity index (χ3v) is 3.78. The molecule has 0 unspecified atom stereocenters. The molecule has 3 aromatic heterocycles. The molecule has 0 aromatic carbocycles. The number of nitrogens with zero attached hydrogens (tertiary/aromatic N) is 2. The summed E-state index contributed by atoms with van der Waals surface area (Å²) < 4.78 is 5.11. The summed E-state index contributed by atoms with van der Waals surface area (Å²) in [6.07, 6.45) is 3.51. The highest BCUT2D eigenvalue weighted by atomic mass is 32.1. The molecular weight excluding hydrogens is 244 g/mol. The third-order valence-electron chi connectivity index (χ3n) is 2.72. The van der Waals surface area contributed by atoms with E-state index in [0.717, 1.165) is 27.4 Å². The van der Waals surface area contributed by atoms with Crippen LogP contribution in [0.15, 0.2) is 40.6 Å². The zero-order chi connectivity index (χ0) is 12.5. The van der Waals surface area contributed by atoms with Crippen molar-refractivity contribution >= 4 is 11.3 Å². The Kier molecular flexibility index (Phi) is 2.72. The Bertz CT molecular complexity index is 667. The van der Waals surface area contributed by atoms with Gasteiger partial charge >= 0.3 is 0 Å².